The van der Waals surface area contributed by atoms with Crippen LogP contribution in [0.25, 0.3) is 0 Å². The summed E-state index contributed by atoms with van der Waals surface area (Å²) in [6.45, 7) is 2.05. The molecule has 1 aliphatic heterocycles. The maximum atomic E-state index is 9.79. The Bertz CT molecular complexity index is 143. The quantitative estimate of drug-likeness (QED) is 0.617. The predicted molar refractivity (Wildman–Crippen MR) is 48.9 cm³/mol. The molecule has 1 aliphatic carbocycles. The van der Waals surface area contributed by atoms with E-state index in [1.165, 1.54) is 25.7 Å². The van der Waals surface area contributed by atoms with Crippen molar-refractivity contribution in [2.45, 2.75) is 38.2 Å². The molecule has 70 valence electrons. The largest absolute Gasteiger partial charge is 0.393 e. The Morgan fingerprint density at radius 3 is 2.50 bits per heavy atom. The minimum absolute atomic E-state index is 0.0191. The molecule has 2 nitrogen and oxygen atoms in total. The summed E-state index contributed by atoms with van der Waals surface area (Å²) in [5, 5.41) is 13.2. The highest BCUT2D eigenvalue weighted by molar-refractivity contribution is 4.85. The van der Waals surface area contributed by atoms with E-state index in [0.717, 1.165) is 25.4 Å². The Hall–Kier alpha value is -0.0800. The zero-order valence-corrected chi connectivity index (χ0v) is 7.63. The predicted octanol–water partition coefficient (Wildman–Crippen LogP) is 1.15. The van der Waals surface area contributed by atoms with Gasteiger partial charge in [-0.2, -0.15) is 0 Å². The van der Waals surface area contributed by atoms with Crippen molar-refractivity contribution in [2.24, 2.45) is 11.8 Å². The monoisotopic (exact) mass is 169 g/mol. The topological polar surface area (TPSA) is 32.3 Å². The first-order chi connectivity index (χ1) is 5.88. The Balaban J connectivity index is 1.91. The molecule has 2 heteroatoms. The van der Waals surface area contributed by atoms with E-state index in [0.29, 0.717) is 5.92 Å². The second-order valence-electron chi connectivity index (χ2n) is 4.27. The molecule has 0 aromatic carbocycles. The third-order valence-corrected chi connectivity index (χ3v) is 3.50. The van der Waals surface area contributed by atoms with Crippen molar-refractivity contribution in [3.63, 3.8) is 0 Å². The molecule has 0 radical (unpaired) electrons. The van der Waals surface area contributed by atoms with Gasteiger partial charge < -0.3 is 10.4 Å². The molecule has 0 aromatic rings. The van der Waals surface area contributed by atoms with E-state index in [1.807, 2.05) is 0 Å². The number of nitrogens with one attached hydrogen (secondary N) is 1. The molecule has 2 aliphatic rings. The Labute approximate surface area is 74.4 Å². The Morgan fingerprint density at radius 2 is 1.83 bits per heavy atom. The second kappa shape index (κ2) is 3.75. The summed E-state index contributed by atoms with van der Waals surface area (Å²) in [6.07, 6.45) is 6.41. The van der Waals surface area contributed by atoms with Crippen LogP contribution in [0.3, 0.4) is 0 Å². The van der Waals surface area contributed by atoms with Crippen LogP contribution in [0.5, 0.6) is 0 Å². The van der Waals surface area contributed by atoms with Crippen LogP contribution in [-0.2, 0) is 0 Å². The summed E-state index contributed by atoms with van der Waals surface area (Å²) in [4.78, 5) is 0. The molecule has 0 bridgehead atoms. The standard InChI is InChI=1S/C10H19NO/c12-10-5-6-11-7-9(10)8-3-1-2-4-8/h8-12H,1-7H2/t9-,10+/m0/s1. The lowest BCUT2D eigenvalue weighted by Crippen LogP contribution is -2.42. The van der Waals surface area contributed by atoms with E-state index < -0.39 is 0 Å². The minimum atomic E-state index is -0.0191. The van der Waals surface area contributed by atoms with Crippen molar-refractivity contribution in [1.29, 1.82) is 0 Å². The molecule has 2 fully saturated rings. The summed E-state index contributed by atoms with van der Waals surface area (Å²) in [7, 11) is 0. The van der Waals surface area contributed by atoms with Crippen LogP contribution in [0.2, 0.25) is 0 Å². The van der Waals surface area contributed by atoms with E-state index in [2.05, 4.69) is 5.32 Å². The molecule has 1 saturated carbocycles. The third-order valence-electron chi connectivity index (χ3n) is 3.50. The van der Waals surface area contributed by atoms with Crippen LogP contribution in [-0.4, -0.2) is 24.3 Å². The van der Waals surface area contributed by atoms with E-state index in [1.54, 1.807) is 0 Å². The molecule has 2 N–H and O–H groups in total. The van der Waals surface area contributed by atoms with Crippen LogP contribution in [0.1, 0.15) is 32.1 Å². The summed E-state index contributed by atoms with van der Waals surface area (Å²) >= 11 is 0. The average Bonchev–Trinajstić information content (AvgIpc) is 2.57. The Kier molecular flexibility index (Phi) is 2.66. The summed E-state index contributed by atoms with van der Waals surface area (Å²) in [5.74, 6) is 1.37. The first kappa shape index (κ1) is 8.52. The SMILES string of the molecule is O[C@@H]1CCNC[C@H]1C1CCCC1. The van der Waals surface area contributed by atoms with E-state index in [-0.39, 0.29) is 6.10 Å². The molecule has 2 atom stereocenters. The van der Waals surface area contributed by atoms with Gasteiger partial charge in [0.2, 0.25) is 0 Å². The van der Waals surface area contributed by atoms with Gasteiger partial charge in [-0.15, -0.1) is 0 Å². The van der Waals surface area contributed by atoms with Gasteiger partial charge in [0, 0.05) is 12.5 Å². The van der Waals surface area contributed by atoms with Gasteiger partial charge in [0.05, 0.1) is 6.10 Å². The number of hydrogen-bond donors (Lipinski definition) is 2. The fraction of sp³-hybridized carbons (Fsp3) is 1.00. The van der Waals surface area contributed by atoms with Gasteiger partial charge in [-0.3, -0.25) is 0 Å². The van der Waals surface area contributed by atoms with Crippen LogP contribution < -0.4 is 5.32 Å². The molecular weight excluding hydrogens is 150 g/mol. The van der Waals surface area contributed by atoms with Crippen molar-refractivity contribution < 1.29 is 5.11 Å². The molecule has 0 amide bonds. The Morgan fingerprint density at radius 1 is 1.08 bits per heavy atom. The lowest BCUT2D eigenvalue weighted by molar-refractivity contribution is 0.0477. The van der Waals surface area contributed by atoms with Gasteiger partial charge in [0.1, 0.15) is 0 Å². The number of aliphatic hydroxyl groups is 1. The van der Waals surface area contributed by atoms with Crippen LogP contribution in [0.4, 0.5) is 0 Å². The molecule has 0 spiro atoms. The lowest BCUT2D eigenvalue weighted by Gasteiger charge is -2.32. The third kappa shape index (κ3) is 1.64. The van der Waals surface area contributed by atoms with Crippen molar-refractivity contribution in [1.82, 2.24) is 5.32 Å². The molecule has 1 heterocycles. The number of piperidine rings is 1. The van der Waals surface area contributed by atoms with E-state index >= 15 is 0 Å². The van der Waals surface area contributed by atoms with Crippen LogP contribution in [0, 0.1) is 11.8 Å². The highest BCUT2D eigenvalue weighted by Crippen LogP contribution is 2.34. The highest BCUT2D eigenvalue weighted by atomic mass is 16.3. The number of rotatable bonds is 1. The first-order valence-electron chi connectivity index (χ1n) is 5.26. The molecule has 1 saturated heterocycles. The van der Waals surface area contributed by atoms with Crippen LogP contribution in [0.15, 0.2) is 0 Å². The van der Waals surface area contributed by atoms with Crippen molar-refractivity contribution in [2.75, 3.05) is 13.1 Å². The normalized spacial score (nSPS) is 38.8. The minimum Gasteiger partial charge on any atom is -0.393 e. The molecule has 12 heavy (non-hydrogen) atoms. The van der Waals surface area contributed by atoms with Crippen LogP contribution >= 0.6 is 0 Å². The average molecular weight is 169 g/mol. The maximum Gasteiger partial charge on any atom is 0.0595 e. The number of aliphatic hydroxyl groups excluding tert-OH is 1. The smallest absolute Gasteiger partial charge is 0.0595 e. The van der Waals surface area contributed by atoms with Gasteiger partial charge in [0.15, 0.2) is 0 Å². The van der Waals surface area contributed by atoms with Gasteiger partial charge in [-0.25, -0.2) is 0 Å². The molecule has 0 unspecified atom stereocenters. The van der Waals surface area contributed by atoms with Gasteiger partial charge in [0.25, 0.3) is 0 Å². The molecule has 2 rings (SSSR count). The highest BCUT2D eigenvalue weighted by Gasteiger charge is 2.31. The zero-order chi connectivity index (χ0) is 8.39. The lowest BCUT2D eigenvalue weighted by atomic mass is 9.83. The van der Waals surface area contributed by atoms with Gasteiger partial charge in [-0.05, 0) is 18.9 Å². The van der Waals surface area contributed by atoms with E-state index in [4.69, 9.17) is 0 Å². The molecular formula is C10H19NO. The second-order valence-corrected chi connectivity index (χ2v) is 4.27. The summed E-state index contributed by atoms with van der Waals surface area (Å²) in [5.41, 5.74) is 0. The maximum absolute atomic E-state index is 9.79. The zero-order valence-electron chi connectivity index (χ0n) is 7.63. The summed E-state index contributed by atoms with van der Waals surface area (Å²) < 4.78 is 0. The van der Waals surface area contributed by atoms with Gasteiger partial charge >= 0.3 is 0 Å². The molecule has 0 aromatic heterocycles. The van der Waals surface area contributed by atoms with Crippen molar-refractivity contribution in [3.05, 3.63) is 0 Å². The fourth-order valence-electron chi connectivity index (χ4n) is 2.74. The van der Waals surface area contributed by atoms with Gasteiger partial charge in [-0.1, -0.05) is 25.7 Å². The van der Waals surface area contributed by atoms with Crippen molar-refractivity contribution >= 4 is 0 Å². The van der Waals surface area contributed by atoms with E-state index in [9.17, 15) is 5.11 Å². The first-order valence-corrected chi connectivity index (χ1v) is 5.26. The fourth-order valence-corrected chi connectivity index (χ4v) is 2.74. The van der Waals surface area contributed by atoms with Crippen molar-refractivity contribution in [3.8, 4) is 0 Å². The summed E-state index contributed by atoms with van der Waals surface area (Å²) in [6, 6.07) is 0. The number of hydrogen-bond acceptors (Lipinski definition) is 2.